The van der Waals surface area contributed by atoms with Crippen molar-refractivity contribution in [2.45, 2.75) is 12.8 Å². The molecule has 0 spiro atoms. The molecule has 0 fully saturated rings. The van der Waals surface area contributed by atoms with Gasteiger partial charge in [0.25, 0.3) is 5.56 Å². The Morgan fingerprint density at radius 1 is 1.35 bits per heavy atom. The lowest BCUT2D eigenvalue weighted by Crippen LogP contribution is -2.17. The predicted octanol–water partition coefficient (Wildman–Crippen LogP) is 1.61. The number of nitriles is 1. The first-order chi connectivity index (χ1) is 11.2. The van der Waals surface area contributed by atoms with Crippen molar-refractivity contribution in [2.75, 3.05) is 6.61 Å². The van der Waals surface area contributed by atoms with E-state index in [2.05, 4.69) is 10.1 Å². The van der Waals surface area contributed by atoms with Gasteiger partial charge in [-0.3, -0.25) is 4.79 Å². The fraction of sp³-hybridized carbons (Fsp3) is 0.188. The van der Waals surface area contributed by atoms with Gasteiger partial charge < -0.3 is 14.8 Å². The van der Waals surface area contributed by atoms with Crippen molar-refractivity contribution in [3.63, 3.8) is 0 Å². The summed E-state index contributed by atoms with van der Waals surface area (Å²) in [5.41, 5.74) is 0.198. The fourth-order valence-electron chi connectivity index (χ4n) is 2.30. The maximum Gasteiger partial charge on any atom is 0.258 e. The molecule has 3 aromatic rings. The van der Waals surface area contributed by atoms with Crippen molar-refractivity contribution in [3.05, 3.63) is 58.0 Å². The third kappa shape index (κ3) is 2.87. The minimum atomic E-state index is -0.424. The fourth-order valence-corrected chi connectivity index (χ4v) is 2.30. The number of hydrogen-bond donors (Lipinski definition) is 2. The summed E-state index contributed by atoms with van der Waals surface area (Å²) in [5, 5.41) is 23.0. The van der Waals surface area contributed by atoms with Gasteiger partial charge in [0.05, 0.1) is 18.4 Å². The second-order valence-corrected chi connectivity index (χ2v) is 4.95. The molecule has 23 heavy (non-hydrogen) atoms. The Bertz CT molecular complexity index is 922. The van der Waals surface area contributed by atoms with Crippen LogP contribution in [-0.4, -0.2) is 26.3 Å². The molecule has 0 unspecified atom stereocenters. The Kier molecular flexibility index (Phi) is 3.97. The van der Waals surface area contributed by atoms with Crippen LogP contribution in [0.1, 0.15) is 17.5 Å². The highest BCUT2D eigenvalue weighted by molar-refractivity contribution is 5.55. The van der Waals surface area contributed by atoms with Crippen molar-refractivity contribution >= 4 is 5.65 Å². The average molecular weight is 310 g/mol. The van der Waals surface area contributed by atoms with Crippen LogP contribution in [0.25, 0.3) is 5.65 Å². The van der Waals surface area contributed by atoms with E-state index in [0.29, 0.717) is 19.4 Å². The van der Waals surface area contributed by atoms with E-state index in [1.165, 1.54) is 6.20 Å². The van der Waals surface area contributed by atoms with E-state index in [9.17, 15) is 9.90 Å². The van der Waals surface area contributed by atoms with E-state index < -0.39 is 5.56 Å². The van der Waals surface area contributed by atoms with Gasteiger partial charge in [-0.15, -0.1) is 0 Å². The smallest absolute Gasteiger partial charge is 0.258 e. The number of ether oxygens (including phenoxy) is 1. The van der Waals surface area contributed by atoms with Crippen molar-refractivity contribution in [1.82, 2.24) is 14.6 Å². The van der Waals surface area contributed by atoms with Gasteiger partial charge in [0.1, 0.15) is 17.4 Å². The molecule has 2 heterocycles. The number of nitrogens with one attached hydrogen (secondary N) is 1. The van der Waals surface area contributed by atoms with E-state index in [1.807, 2.05) is 36.4 Å². The van der Waals surface area contributed by atoms with Gasteiger partial charge in [-0.05, 0) is 25.0 Å². The Labute approximate surface area is 131 Å². The number of rotatable bonds is 5. The van der Waals surface area contributed by atoms with Crippen LogP contribution in [0.15, 0.2) is 41.3 Å². The molecule has 0 bridgehead atoms. The molecule has 116 valence electrons. The highest BCUT2D eigenvalue weighted by Gasteiger charge is 2.15. The number of H-pyrrole nitrogens is 1. The number of para-hydroxylation sites is 1. The molecule has 0 saturated carbocycles. The van der Waals surface area contributed by atoms with Crippen LogP contribution in [0.5, 0.6) is 11.6 Å². The van der Waals surface area contributed by atoms with Crippen LogP contribution >= 0.6 is 0 Å². The first-order valence-corrected chi connectivity index (χ1v) is 7.10. The minimum absolute atomic E-state index is 0.194. The van der Waals surface area contributed by atoms with Crippen LogP contribution in [0.2, 0.25) is 0 Å². The standard InChI is InChI=1S/C16H14N4O3/c17-9-11-10-18-20-14(11)19-15(21)13(16(20)22)7-4-8-23-12-5-2-1-3-6-12/h1-3,5-6,10,22H,4,7-8H2,(H,19,21). The lowest BCUT2D eigenvalue weighted by molar-refractivity contribution is 0.309. The number of aromatic amines is 1. The SMILES string of the molecule is N#Cc1cnn2c(O)c(CCCOc3ccccc3)c(=O)[nH]c12. The van der Waals surface area contributed by atoms with Gasteiger partial charge in [0.2, 0.25) is 5.88 Å². The predicted molar refractivity (Wildman–Crippen MR) is 82.5 cm³/mol. The number of aromatic hydroxyl groups is 1. The lowest BCUT2D eigenvalue weighted by Gasteiger charge is -2.07. The number of nitrogens with zero attached hydrogens (tertiary/aromatic N) is 3. The molecule has 0 aliphatic rings. The Hall–Kier alpha value is -3.27. The zero-order chi connectivity index (χ0) is 16.2. The highest BCUT2D eigenvalue weighted by atomic mass is 16.5. The largest absolute Gasteiger partial charge is 0.494 e. The van der Waals surface area contributed by atoms with Crippen molar-refractivity contribution < 1.29 is 9.84 Å². The van der Waals surface area contributed by atoms with Crippen LogP contribution < -0.4 is 10.3 Å². The molecular formula is C16H14N4O3. The molecule has 0 atom stereocenters. The van der Waals surface area contributed by atoms with Gasteiger partial charge in [0, 0.05) is 0 Å². The number of aromatic nitrogens is 3. The second-order valence-electron chi connectivity index (χ2n) is 4.95. The molecule has 0 aliphatic carbocycles. The molecule has 7 nitrogen and oxygen atoms in total. The molecule has 7 heteroatoms. The normalized spacial score (nSPS) is 10.6. The highest BCUT2D eigenvalue weighted by Crippen LogP contribution is 2.17. The third-order valence-electron chi connectivity index (χ3n) is 3.45. The van der Waals surface area contributed by atoms with Crippen molar-refractivity contribution in [3.8, 4) is 17.7 Å². The van der Waals surface area contributed by atoms with E-state index in [1.54, 1.807) is 0 Å². The molecule has 0 saturated heterocycles. The van der Waals surface area contributed by atoms with Crippen LogP contribution in [0, 0.1) is 11.3 Å². The molecular weight excluding hydrogens is 296 g/mol. The first kappa shape index (κ1) is 14.7. The van der Waals surface area contributed by atoms with E-state index in [0.717, 1.165) is 10.3 Å². The molecule has 1 aromatic carbocycles. The van der Waals surface area contributed by atoms with Gasteiger partial charge in [0.15, 0.2) is 5.65 Å². The van der Waals surface area contributed by atoms with Crippen LogP contribution in [-0.2, 0) is 6.42 Å². The quantitative estimate of drug-likeness (QED) is 0.697. The summed E-state index contributed by atoms with van der Waals surface area (Å²) in [6, 6.07) is 11.3. The summed E-state index contributed by atoms with van der Waals surface area (Å²) in [7, 11) is 0. The summed E-state index contributed by atoms with van der Waals surface area (Å²) >= 11 is 0. The monoisotopic (exact) mass is 310 g/mol. The van der Waals surface area contributed by atoms with Gasteiger partial charge >= 0.3 is 0 Å². The zero-order valence-corrected chi connectivity index (χ0v) is 12.2. The van der Waals surface area contributed by atoms with Gasteiger partial charge in [-0.2, -0.15) is 14.9 Å². The second kappa shape index (κ2) is 6.23. The summed E-state index contributed by atoms with van der Waals surface area (Å²) < 4.78 is 6.72. The van der Waals surface area contributed by atoms with Crippen molar-refractivity contribution in [2.24, 2.45) is 0 Å². The molecule has 2 aromatic heterocycles. The zero-order valence-electron chi connectivity index (χ0n) is 12.2. The van der Waals surface area contributed by atoms with E-state index in [4.69, 9.17) is 10.00 Å². The Balaban J connectivity index is 1.73. The van der Waals surface area contributed by atoms with Crippen LogP contribution in [0.3, 0.4) is 0 Å². The number of benzene rings is 1. The molecule has 0 amide bonds. The summed E-state index contributed by atoms with van der Waals surface area (Å²) in [4.78, 5) is 14.7. The number of hydrogen-bond acceptors (Lipinski definition) is 5. The summed E-state index contributed by atoms with van der Waals surface area (Å²) in [6.07, 6.45) is 2.20. The average Bonchev–Trinajstić information content (AvgIpc) is 2.98. The third-order valence-corrected chi connectivity index (χ3v) is 3.45. The maximum atomic E-state index is 12.1. The maximum absolute atomic E-state index is 12.1. The number of fused-ring (bicyclic) bond motifs is 1. The molecule has 0 radical (unpaired) electrons. The van der Waals surface area contributed by atoms with Gasteiger partial charge in [-0.1, -0.05) is 18.2 Å². The first-order valence-electron chi connectivity index (χ1n) is 7.10. The topological polar surface area (TPSA) is 103 Å². The molecule has 3 rings (SSSR count). The molecule has 0 aliphatic heterocycles. The summed E-state index contributed by atoms with van der Waals surface area (Å²) in [6.45, 7) is 0.420. The van der Waals surface area contributed by atoms with Crippen LogP contribution in [0.4, 0.5) is 0 Å². The summed E-state index contributed by atoms with van der Waals surface area (Å²) in [5.74, 6) is 0.511. The minimum Gasteiger partial charge on any atom is -0.494 e. The van der Waals surface area contributed by atoms with Gasteiger partial charge in [-0.25, -0.2) is 0 Å². The van der Waals surface area contributed by atoms with Crippen molar-refractivity contribution in [1.29, 1.82) is 5.26 Å². The molecule has 2 N–H and O–H groups in total. The Morgan fingerprint density at radius 3 is 2.87 bits per heavy atom. The Morgan fingerprint density at radius 2 is 2.13 bits per heavy atom. The lowest BCUT2D eigenvalue weighted by atomic mass is 10.2. The van der Waals surface area contributed by atoms with E-state index in [-0.39, 0.29) is 22.7 Å². The van der Waals surface area contributed by atoms with E-state index >= 15 is 0 Å².